The van der Waals surface area contributed by atoms with Gasteiger partial charge in [-0.05, 0) is 18.4 Å². The molecule has 0 unspecified atom stereocenters. The Bertz CT molecular complexity index is 475. The minimum atomic E-state index is -4.55. The van der Waals surface area contributed by atoms with Crippen LogP contribution in [0.5, 0.6) is 0 Å². The first-order valence-corrected chi connectivity index (χ1v) is 9.05. The third kappa shape index (κ3) is 9.01. The Morgan fingerprint density at radius 3 is 2.52 bits per heavy atom. The van der Waals surface area contributed by atoms with Gasteiger partial charge in [0.2, 0.25) is 0 Å². The van der Waals surface area contributed by atoms with E-state index in [0.717, 1.165) is 12.0 Å². The van der Waals surface area contributed by atoms with E-state index in [1.807, 2.05) is 30.3 Å². The SMILES string of the molecule is O=C(CCCc1ccccc1)O[C@H](CBr)COP(=O)(O)O. The van der Waals surface area contributed by atoms with Crippen LogP contribution in [0.2, 0.25) is 0 Å². The molecule has 6 nitrogen and oxygen atoms in total. The average molecular weight is 381 g/mol. The van der Waals surface area contributed by atoms with E-state index in [-0.39, 0.29) is 18.4 Å². The van der Waals surface area contributed by atoms with Crippen molar-refractivity contribution < 1.29 is 28.4 Å². The highest BCUT2D eigenvalue weighted by molar-refractivity contribution is 9.09. The number of rotatable bonds is 9. The van der Waals surface area contributed by atoms with Crippen LogP contribution in [0.15, 0.2) is 30.3 Å². The second-order valence-corrected chi connectivity index (χ2v) is 6.28. The lowest BCUT2D eigenvalue weighted by molar-refractivity contribution is -0.149. The molecular weight excluding hydrogens is 363 g/mol. The van der Waals surface area contributed by atoms with Gasteiger partial charge in [-0.15, -0.1) is 0 Å². The molecule has 0 aromatic heterocycles. The maximum absolute atomic E-state index is 11.6. The molecule has 0 heterocycles. The highest BCUT2D eigenvalue weighted by Gasteiger charge is 2.20. The smallest absolute Gasteiger partial charge is 0.459 e. The molecule has 0 fully saturated rings. The van der Waals surface area contributed by atoms with Gasteiger partial charge in [-0.1, -0.05) is 46.3 Å². The van der Waals surface area contributed by atoms with Crippen molar-refractivity contribution in [2.75, 3.05) is 11.9 Å². The summed E-state index contributed by atoms with van der Waals surface area (Å²) in [6, 6.07) is 9.78. The summed E-state index contributed by atoms with van der Waals surface area (Å²) < 4.78 is 20.0. The van der Waals surface area contributed by atoms with Crippen molar-refractivity contribution in [1.82, 2.24) is 0 Å². The number of esters is 1. The van der Waals surface area contributed by atoms with Crippen LogP contribution in [0.25, 0.3) is 0 Å². The van der Waals surface area contributed by atoms with Gasteiger partial charge in [0.25, 0.3) is 0 Å². The number of phosphoric ester groups is 1. The molecule has 0 aliphatic heterocycles. The summed E-state index contributed by atoms with van der Waals surface area (Å²) >= 11 is 3.11. The van der Waals surface area contributed by atoms with Gasteiger partial charge in [-0.3, -0.25) is 9.32 Å². The monoisotopic (exact) mass is 380 g/mol. The third-order valence-electron chi connectivity index (χ3n) is 2.59. The van der Waals surface area contributed by atoms with Gasteiger partial charge < -0.3 is 14.5 Å². The molecule has 0 aliphatic rings. The van der Waals surface area contributed by atoms with Crippen molar-refractivity contribution >= 4 is 29.7 Å². The molecule has 0 spiro atoms. The lowest BCUT2D eigenvalue weighted by Gasteiger charge is -2.15. The molecule has 8 heteroatoms. The van der Waals surface area contributed by atoms with Gasteiger partial charge in [-0.25, -0.2) is 4.57 Å². The maximum Gasteiger partial charge on any atom is 0.469 e. The summed E-state index contributed by atoms with van der Waals surface area (Å²) in [5.74, 6) is -0.412. The van der Waals surface area contributed by atoms with Crippen LogP contribution in [0.4, 0.5) is 0 Å². The molecule has 0 bridgehead atoms. The molecule has 0 amide bonds. The highest BCUT2D eigenvalue weighted by Crippen LogP contribution is 2.35. The van der Waals surface area contributed by atoms with Crippen molar-refractivity contribution in [3.05, 3.63) is 35.9 Å². The van der Waals surface area contributed by atoms with Crippen LogP contribution in [0.3, 0.4) is 0 Å². The van der Waals surface area contributed by atoms with Crippen molar-refractivity contribution in [3.8, 4) is 0 Å². The summed E-state index contributed by atoms with van der Waals surface area (Å²) in [6.07, 6.45) is 0.946. The largest absolute Gasteiger partial charge is 0.469 e. The van der Waals surface area contributed by atoms with E-state index in [9.17, 15) is 9.36 Å². The fraction of sp³-hybridized carbons (Fsp3) is 0.462. The number of benzene rings is 1. The topological polar surface area (TPSA) is 93.1 Å². The predicted molar refractivity (Wildman–Crippen MR) is 81.1 cm³/mol. The number of hydrogen-bond donors (Lipinski definition) is 2. The first-order chi connectivity index (χ1) is 9.90. The molecule has 2 N–H and O–H groups in total. The number of alkyl halides is 1. The lowest BCUT2D eigenvalue weighted by Crippen LogP contribution is -2.24. The number of hydrogen-bond acceptors (Lipinski definition) is 4. The molecular formula is C13H18BrO6P. The number of phosphoric acid groups is 1. The van der Waals surface area contributed by atoms with Crippen LogP contribution >= 0.6 is 23.8 Å². The van der Waals surface area contributed by atoms with Gasteiger partial charge in [0, 0.05) is 11.8 Å². The van der Waals surface area contributed by atoms with Crippen molar-refractivity contribution in [1.29, 1.82) is 0 Å². The van der Waals surface area contributed by atoms with E-state index in [2.05, 4.69) is 20.5 Å². The number of carbonyl (C=O) groups is 1. The zero-order valence-electron chi connectivity index (χ0n) is 11.4. The van der Waals surface area contributed by atoms with E-state index in [1.165, 1.54) is 0 Å². The van der Waals surface area contributed by atoms with Crippen LogP contribution in [0, 0.1) is 0 Å². The zero-order valence-corrected chi connectivity index (χ0v) is 13.8. The Morgan fingerprint density at radius 2 is 1.95 bits per heavy atom. The van der Waals surface area contributed by atoms with Crippen molar-refractivity contribution in [2.24, 2.45) is 0 Å². The maximum atomic E-state index is 11.6. The fourth-order valence-electron chi connectivity index (χ4n) is 1.62. The second-order valence-electron chi connectivity index (χ2n) is 4.39. The second kappa shape index (κ2) is 9.33. The van der Waals surface area contributed by atoms with E-state index < -0.39 is 19.9 Å². The first-order valence-electron chi connectivity index (χ1n) is 6.40. The van der Waals surface area contributed by atoms with Crippen molar-refractivity contribution in [2.45, 2.75) is 25.4 Å². The average Bonchev–Trinajstić information content (AvgIpc) is 2.43. The zero-order chi connectivity index (χ0) is 15.7. The molecule has 1 aromatic carbocycles. The van der Waals surface area contributed by atoms with E-state index >= 15 is 0 Å². The molecule has 1 atom stereocenters. The van der Waals surface area contributed by atoms with Crippen molar-refractivity contribution in [3.63, 3.8) is 0 Å². The number of carbonyl (C=O) groups excluding carboxylic acids is 1. The molecule has 1 rings (SSSR count). The van der Waals surface area contributed by atoms with Gasteiger partial charge in [-0.2, -0.15) is 0 Å². The number of ether oxygens (including phenoxy) is 1. The van der Waals surface area contributed by atoms with E-state index in [4.69, 9.17) is 14.5 Å². The molecule has 0 saturated carbocycles. The van der Waals surface area contributed by atoms with Crippen LogP contribution in [-0.2, 0) is 25.0 Å². The quantitative estimate of drug-likeness (QED) is 0.388. The summed E-state index contributed by atoms with van der Waals surface area (Å²) in [5.41, 5.74) is 1.15. The molecule has 118 valence electrons. The first kappa shape index (κ1) is 18.3. The number of aryl methyl sites for hydroxylation is 1. The molecule has 0 radical (unpaired) electrons. The van der Waals surface area contributed by atoms with Crippen LogP contribution < -0.4 is 0 Å². The lowest BCUT2D eigenvalue weighted by atomic mass is 10.1. The van der Waals surface area contributed by atoms with Gasteiger partial charge >= 0.3 is 13.8 Å². The van der Waals surface area contributed by atoms with Crippen LogP contribution in [-0.4, -0.2) is 33.8 Å². The molecule has 21 heavy (non-hydrogen) atoms. The van der Waals surface area contributed by atoms with E-state index in [0.29, 0.717) is 6.42 Å². The predicted octanol–water partition coefficient (Wildman–Crippen LogP) is 2.43. The third-order valence-corrected chi connectivity index (χ3v) is 3.80. The number of halogens is 1. The van der Waals surface area contributed by atoms with E-state index in [1.54, 1.807) is 0 Å². The molecule has 1 aromatic rings. The summed E-state index contributed by atoms with van der Waals surface area (Å²) in [7, 11) is -4.55. The molecule has 0 saturated heterocycles. The normalized spacial score (nSPS) is 12.9. The molecule has 0 aliphatic carbocycles. The Morgan fingerprint density at radius 1 is 1.29 bits per heavy atom. The standard InChI is InChI=1S/C13H18BrO6P/c14-9-12(10-19-21(16,17)18)20-13(15)8-4-7-11-5-2-1-3-6-11/h1-3,5-6,12H,4,7-10H2,(H2,16,17,18)/t12-/m1/s1. The Balaban J connectivity index is 2.26. The summed E-state index contributed by atoms with van der Waals surface area (Å²) in [4.78, 5) is 28.8. The summed E-state index contributed by atoms with van der Waals surface area (Å²) in [5, 5.41) is 0.247. The van der Waals surface area contributed by atoms with Crippen LogP contribution in [0.1, 0.15) is 18.4 Å². The summed E-state index contributed by atoms with van der Waals surface area (Å²) in [6.45, 7) is -0.347. The van der Waals surface area contributed by atoms with Gasteiger partial charge in [0.15, 0.2) is 0 Å². The fourth-order valence-corrected chi connectivity index (χ4v) is 2.30. The van der Waals surface area contributed by atoms with Gasteiger partial charge in [0.05, 0.1) is 6.61 Å². The Kier molecular flexibility index (Phi) is 8.14. The Labute approximate surface area is 131 Å². The Hall–Kier alpha value is -0.720. The minimum Gasteiger partial charge on any atom is -0.459 e. The minimum absolute atomic E-state index is 0.244. The highest BCUT2D eigenvalue weighted by atomic mass is 79.9. The van der Waals surface area contributed by atoms with Gasteiger partial charge in [0.1, 0.15) is 6.10 Å².